The van der Waals surface area contributed by atoms with E-state index in [0.29, 0.717) is 6.42 Å². The lowest BCUT2D eigenvalue weighted by Gasteiger charge is -2.19. The van der Waals surface area contributed by atoms with E-state index in [4.69, 9.17) is 0 Å². The van der Waals surface area contributed by atoms with E-state index in [1.165, 1.54) is 5.56 Å². The van der Waals surface area contributed by atoms with Crippen molar-refractivity contribution in [2.75, 3.05) is 11.5 Å². The number of rotatable bonds is 5. The molecule has 0 unspecified atom stereocenters. The van der Waals surface area contributed by atoms with Crippen molar-refractivity contribution in [2.24, 2.45) is 0 Å². The van der Waals surface area contributed by atoms with E-state index in [2.05, 4.69) is 12.2 Å². The summed E-state index contributed by atoms with van der Waals surface area (Å²) >= 11 is 1.58. The van der Waals surface area contributed by atoms with E-state index in [1.807, 2.05) is 37.3 Å². The quantitative estimate of drug-likeness (QED) is 0.900. The predicted molar refractivity (Wildman–Crippen MR) is 87.1 cm³/mol. The highest BCUT2D eigenvalue weighted by Gasteiger charge is 2.30. The van der Waals surface area contributed by atoms with Crippen LogP contribution in [-0.4, -0.2) is 37.1 Å². The zero-order valence-corrected chi connectivity index (χ0v) is 13.9. The first kappa shape index (κ1) is 16.4. The fourth-order valence-electron chi connectivity index (χ4n) is 2.40. The summed E-state index contributed by atoms with van der Waals surface area (Å²) in [7, 11) is -2.95. The molecule has 1 aromatic carbocycles. The van der Waals surface area contributed by atoms with Crippen LogP contribution in [0.4, 0.5) is 0 Å². The molecule has 1 heterocycles. The molecule has 21 heavy (non-hydrogen) atoms. The molecule has 0 spiro atoms. The Morgan fingerprint density at radius 1 is 1.29 bits per heavy atom. The van der Waals surface area contributed by atoms with Gasteiger partial charge < -0.3 is 5.32 Å². The zero-order valence-electron chi connectivity index (χ0n) is 12.3. The highest BCUT2D eigenvalue weighted by atomic mass is 32.2. The standard InChI is InChI=1S/C15H21NO3S2/c1-11(13-6-4-3-5-7-13)20-12(2)15(17)16-14-8-9-21(18,19)10-14/h3-7,11-12,14H,8-10H2,1-2H3,(H,16,17)/t11-,12-,14-/m0/s1. The first-order valence-electron chi connectivity index (χ1n) is 7.08. The molecular weight excluding hydrogens is 306 g/mol. The molecule has 1 saturated heterocycles. The Hall–Kier alpha value is -1.01. The maximum Gasteiger partial charge on any atom is 0.233 e. The van der Waals surface area contributed by atoms with Crippen molar-refractivity contribution >= 4 is 27.5 Å². The van der Waals surface area contributed by atoms with Crippen LogP contribution in [0.3, 0.4) is 0 Å². The molecule has 1 aromatic rings. The van der Waals surface area contributed by atoms with E-state index < -0.39 is 9.84 Å². The van der Waals surface area contributed by atoms with Gasteiger partial charge in [0.05, 0.1) is 16.8 Å². The lowest BCUT2D eigenvalue weighted by molar-refractivity contribution is -0.120. The summed E-state index contributed by atoms with van der Waals surface area (Å²) in [5.41, 5.74) is 1.19. The van der Waals surface area contributed by atoms with E-state index in [1.54, 1.807) is 11.8 Å². The molecule has 4 nitrogen and oxygen atoms in total. The van der Waals surface area contributed by atoms with Gasteiger partial charge in [-0.3, -0.25) is 4.79 Å². The zero-order chi connectivity index (χ0) is 15.5. The summed E-state index contributed by atoms with van der Waals surface area (Å²) < 4.78 is 22.8. The van der Waals surface area contributed by atoms with Crippen molar-refractivity contribution in [1.29, 1.82) is 0 Å². The Bertz CT molecular complexity index is 586. The van der Waals surface area contributed by atoms with Gasteiger partial charge in [-0.15, -0.1) is 11.8 Å². The number of hydrogen-bond donors (Lipinski definition) is 1. The van der Waals surface area contributed by atoms with Gasteiger partial charge in [0.1, 0.15) is 0 Å². The maximum absolute atomic E-state index is 12.2. The Kier molecular flexibility index (Phi) is 5.32. The summed E-state index contributed by atoms with van der Waals surface area (Å²) in [6.45, 7) is 3.94. The minimum Gasteiger partial charge on any atom is -0.351 e. The molecule has 2 rings (SSSR count). The number of benzene rings is 1. The van der Waals surface area contributed by atoms with Gasteiger partial charge in [0.15, 0.2) is 9.84 Å². The molecule has 1 N–H and O–H groups in total. The van der Waals surface area contributed by atoms with Crippen molar-refractivity contribution in [2.45, 2.75) is 36.8 Å². The highest BCUT2D eigenvalue weighted by molar-refractivity contribution is 8.00. The van der Waals surface area contributed by atoms with Crippen molar-refractivity contribution < 1.29 is 13.2 Å². The number of thioether (sulfide) groups is 1. The van der Waals surface area contributed by atoms with Gasteiger partial charge in [-0.2, -0.15) is 0 Å². The predicted octanol–water partition coefficient (Wildman–Crippen LogP) is 2.17. The summed E-state index contributed by atoms with van der Waals surface area (Å²) in [5, 5.41) is 2.87. The average molecular weight is 327 g/mol. The fraction of sp³-hybridized carbons (Fsp3) is 0.533. The van der Waals surface area contributed by atoms with Crippen molar-refractivity contribution in [3.8, 4) is 0 Å². The van der Waals surface area contributed by atoms with E-state index >= 15 is 0 Å². The van der Waals surface area contributed by atoms with E-state index in [-0.39, 0.29) is 34.0 Å². The molecule has 3 atom stereocenters. The highest BCUT2D eigenvalue weighted by Crippen LogP contribution is 2.31. The van der Waals surface area contributed by atoms with Gasteiger partial charge in [0.2, 0.25) is 5.91 Å². The molecule has 1 aliphatic rings. The fourth-order valence-corrected chi connectivity index (χ4v) is 5.19. The van der Waals surface area contributed by atoms with Crippen LogP contribution >= 0.6 is 11.8 Å². The van der Waals surface area contributed by atoms with Crippen LogP contribution in [0.15, 0.2) is 30.3 Å². The van der Waals surface area contributed by atoms with Gasteiger partial charge in [0, 0.05) is 11.3 Å². The van der Waals surface area contributed by atoms with Crippen LogP contribution < -0.4 is 5.32 Å². The third-order valence-corrected chi connectivity index (χ3v) is 6.70. The second-order valence-corrected chi connectivity index (χ2v) is 9.35. The first-order chi connectivity index (χ1) is 9.87. The molecule has 0 aromatic heterocycles. The molecule has 116 valence electrons. The number of hydrogen-bond acceptors (Lipinski definition) is 4. The molecule has 0 bridgehead atoms. The first-order valence-corrected chi connectivity index (χ1v) is 9.85. The minimum atomic E-state index is -2.95. The average Bonchev–Trinajstić information content (AvgIpc) is 2.78. The van der Waals surface area contributed by atoms with Crippen LogP contribution in [0.25, 0.3) is 0 Å². The third-order valence-electron chi connectivity index (χ3n) is 3.63. The van der Waals surface area contributed by atoms with E-state index in [9.17, 15) is 13.2 Å². The summed E-state index contributed by atoms with van der Waals surface area (Å²) in [5.74, 6) is 0.175. The number of sulfone groups is 1. The molecule has 6 heteroatoms. The van der Waals surface area contributed by atoms with Crippen LogP contribution in [0.5, 0.6) is 0 Å². The monoisotopic (exact) mass is 327 g/mol. The molecule has 1 fully saturated rings. The number of nitrogens with one attached hydrogen (secondary N) is 1. The SMILES string of the molecule is C[C@H](S[C@@H](C)c1ccccc1)C(=O)N[C@H]1CCS(=O)(=O)C1. The van der Waals surface area contributed by atoms with Crippen LogP contribution in [0.1, 0.15) is 31.1 Å². The Morgan fingerprint density at radius 3 is 2.52 bits per heavy atom. The van der Waals surface area contributed by atoms with Gasteiger partial charge in [0.25, 0.3) is 0 Å². The molecule has 1 aliphatic heterocycles. The lowest BCUT2D eigenvalue weighted by atomic mass is 10.2. The van der Waals surface area contributed by atoms with Gasteiger partial charge in [-0.1, -0.05) is 30.3 Å². The smallest absolute Gasteiger partial charge is 0.233 e. The number of carbonyl (C=O) groups is 1. The van der Waals surface area contributed by atoms with Gasteiger partial charge >= 0.3 is 0 Å². The molecule has 1 amide bonds. The van der Waals surface area contributed by atoms with Crippen LogP contribution in [-0.2, 0) is 14.6 Å². The summed E-state index contributed by atoms with van der Waals surface area (Å²) in [4.78, 5) is 12.2. The van der Waals surface area contributed by atoms with Gasteiger partial charge in [-0.05, 0) is 25.8 Å². The molecular formula is C15H21NO3S2. The maximum atomic E-state index is 12.2. The Balaban J connectivity index is 1.85. The number of carbonyl (C=O) groups excluding carboxylic acids is 1. The van der Waals surface area contributed by atoms with Crippen molar-refractivity contribution in [3.63, 3.8) is 0 Å². The van der Waals surface area contributed by atoms with Gasteiger partial charge in [-0.25, -0.2) is 8.42 Å². The summed E-state index contributed by atoms with van der Waals surface area (Å²) in [6.07, 6.45) is 0.527. The van der Waals surface area contributed by atoms with Crippen LogP contribution in [0.2, 0.25) is 0 Å². The molecule has 0 saturated carbocycles. The Morgan fingerprint density at radius 2 is 1.95 bits per heavy atom. The second kappa shape index (κ2) is 6.83. The normalized spacial score (nSPS) is 23.4. The van der Waals surface area contributed by atoms with Crippen molar-refractivity contribution in [3.05, 3.63) is 35.9 Å². The minimum absolute atomic E-state index is 0.0738. The third kappa shape index (κ3) is 4.74. The molecule has 0 radical (unpaired) electrons. The lowest BCUT2D eigenvalue weighted by Crippen LogP contribution is -2.40. The number of amides is 1. The van der Waals surface area contributed by atoms with Crippen molar-refractivity contribution in [1.82, 2.24) is 5.32 Å². The topological polar surface area (TPSA) is 63.2 Å². The van der Waals surface area contributed by atoms with E-state index in [0.717, 1.165) is 0 Å². The molecule has 0 aliphatic carbocycles. The van der Waals surface area contributed by atoms with Crippen LogP contribution in [0, 0.1) is 0 Å². The summed E-state index contributed by atoms with van der Waals surface area (Å²) in [6, 6.07) is 9.81. The largest absolute Gasteiger partial charge is 0.351 e. The second-order valence-electron chi connectivity index (χ2n) is 5.44. The Labute approximate surface area is 130 Å².